The van der Waals surface area contributed by atoms with Crippen LogP contribution in [0.2, 0.25) is 0 Å². The highest BCUT2D eigenvalue weighted by Gasteiger charge is 1.78. The predicted octanol–water partition coefficient (Wildman–Crippen LogP) is 1.66. The number of hydrogen-bond acceptors (Lipinski definition) is 1. The Kier molecular flexibility index (Phi) is 23.6. The summed E-state index contributed by atoms with van der Waals surface area (Å²) < 4.78 is 0. The average molecular weight is 174 g/mol. The molecule has 0 aliphatic heterocycles. The first kappa shape index (κ1) is 22.6. The maximum Gasteiger partial charge on any atom is 0.129 e. The lowest BCUT2D eigenvalue weighted by atomic mass is 10.6. The molecule has 0 spiro atoms. The van der Waals surface area contributed by atoms with Gasteiger partial charge in [0.25, 0.3) is 0 Å². The Morgan fingerprint density at radius 3 is 2.00 bits per heavy atom. The third kappa shape index (κ3) is 6.56. The average Bonchev–Trinajstić information content (AvgIpc) is 2.14. The summed E-state index contributed by atoms with van der Waals surface area (Å²) in [4.78, 5) is 6.72. The van der Waals surface area contributed by atoms with Gasteiger partial charge in [-0.1, -0.05) is 6.58 Å². The number of aromatic amines is 1. The highest BCUT2D eigenvalue weighted by Crippen LogP contribution is 1.85. The number of halogens is 4. The van der Waals surface area contributed by atoms with Crippen LogP contribution in [0, 0.1) is 0 Å². The zero-order valence-electron chi connectivity index (χ0n) is 5.52. The van der Waals surface area contributed by atoms with Crippen molar-refractivity contribution in [3.63, 3.8) is 0 Å². The molecule has 1 heterocycles. The summed E-state index contributed by atoms with van der Waals surface area (Å²) >= 11 is 0. The normalized spacial score (nSPS) is 5.45. The van der Waals surface area contributed by atoms with Gasteiger partial charge in [0, 0.05) is 12.4 Å². The fourth-order valence-electron chi connectivity index (χ4n) is 0.389. The van der Waals surface area contributed by atoms with Crippen LogP contribution < -0.4 is 0 Å². The van der Waals surface area contributed by atoms with E-state index in [1.165, 1.54) is 0 Å². The lowest BCUT2D eigenvalue weighted by molar-refractivity contribution is 1.11. The number of nitrogens with zero attached hydrogens (tertiary/aromatic N) is 1. The predicted molar refractivity (Wildman–Crippen MR) is 38.7 cm³/mol. The van der Waals surface area contributed by atoms with Gasteiger partial charge in [0.2, 0.25) is 0 Å². The fourth-order valence-corrected chi connectivity index (χ4v) is 0.389. The van der Waals surface area contributed by atoms with Crippen molar-refractivity contribution < 1.29 is 18.8 Å². The van der Waals surface area contributed by atoms with Gasteiger partial charge in [-0.3, -0.25) is 18.8 Å². The van der Waals surface area contributed by atoms with E-state index in [0.717, 1.165) is 5.82 Å². The van der Waals surface area contributed by atoms with Crippen LogP contribution in [-0.2, 0) is 0 Å². The minimum Gasteiger partial charge on any atom is -0.345 e. The molecule has 0 radical (unpaired) electrons. The molecular formula is C5H10F4N2. The molecule has 6 heteroatoms. The third-order valence-electron chi connectivity index (χ3n) is 0.713. The molecule has 0 aromatic carbocycles. The Balaban J connectivity index is -0.0000000612. The zero-order valence-corrected chi connectivity index (χ0v) is 5.52. The SMILES string of the molecule is C=Cc1ncc[nH]1.F.F.F.F. The topological polar surface area (TPSA) is 28.7 Å². The molecule has 0 atom stereocenters. The van der Waals surface area contributed by atoms with Crippen LogP contribution in [0.25, 0.3) is 6.08 Å². The molecule has 1 N–H and O–H groups in total. The maximum absolute atomic E-state index is 3.86. The quantitative estimate of drug-likeness (QED) is 0.644. The van der Waals surface area contributed by atoms with Gasteiger partial charge in [-0.05, 0) is 6.08 Å². The van der Waals surface area contributed by atoms with Crippen molar-refractivity contribution in [3.05, 3.63) is 24.8 Å². The largest absolute Gasteiger partial charge is 0.345 e. The van der Waals surface area contributed by atoms with Crippen LogP contribution in [0.15, 0.2) is 19.0 Å². The highest BCUT2D eigenvalue weighted by atomic mass is 19.0. The van der Waals surface area contributed by atoms with Gasteiger partial charge in [0.05, 0.1) is 0 Å². The number of H-pyrrole nitrogens is 1. The lowest BCUT2D eigenvalue weighted by Gasteiger charge is -1.73. The van der Waals surface area contributed by atoms with Crippen LogP contribution in [-0.4, -0.2) is 9.97 Å². The van der Waals surface area contributed by atoms with Gasteiger partial charge in [0.1, 0.15) is 5.82 Å². The Bertz CT molecular complexity index is 152. The van der Waals surface area contributed by atoms with E-state index >= 15 is 0 Å². The highest BCUT2D eigenvalue weighted by molar-refractivity contribution is 5.34. The molecule has 11 heavy (non-hydrogen) atoms. The first-order valence-electron chi connectivity index (χ1n) is 2.05. The Hall–Kier alpha value is -1.33. The molecule has 0 aliphatic carbocycles. The summed E-state index contributed by atoms with van der Waals surface area (Å²) in [5, 5.41) is 0. The van der Waals surface area contributed by atoms with Crippen molar-refractivity contribution in [3.8, 4) is 0 Å². The van der Waals surface area contributed by atoms with Crippen molar-refractivity contribution >= 4 is 6.08 Å². The van der Waals surface area contributed by atoms with Gasteiger partial charge in [0.15, 0.2) is 0 Å². The van der Waals surface area contributed by atoms with E-state index in [0.29, 0.717) is 0 Å². The molecule has 0 aliphatic rings. The van der Waals surface area contributed by atoms with E-state index in [1.54, 1.807) is 18.5 Å². The smallest absolute Gasteiger partial charge is 0.129 e. The van der Waals surface area contributed by atoms with Gasteiger partial charge in [-0.15, -0.1) is 0 Å². The monoisotopic (exact) mass is 174 g/mol. The fraction of sp³-hybridized carbons (Fsp3) is 0. The maximum atomic E-state index is 3.86. The molecular weight excluding hydrogens is 164 g/mol. The number of rotatable bonds is 1. The molecule has 1 rings (SSSR count). The molecule has 1 aromatic rings. The molecule has 0 unspecified atom stereocenters. The van der Waals surface area contributed by atoms with E-state index in [2.05, 4.69) is 16.5 Å². The summed E-state index contributed by atoms with van der Waals surface area (Å²) in [5.41, 5.74) is 0. The molecule has 2 nitrogen and oxygen atoms in total. The summed E-state index contributed by atoms with van der Waals surface area (Å²) in [5.74, 6) is 0.819. The molecule has 0 amide bonds. The molecule has 0 saturated carbocycles. The summed E-state index contributed by atoms with van der Waals surface area (Å²) in [7, 11) is 0. The van der Waals surface area contributed by atoms with Crippen molar-refractivity contribution in [1.29, 1.82) is 0 Å². The van der Waals surface area contributed by atoms with E-state index in [4.69, 9.17) is 0 Å². The Labute approximate surface area is 60.8 Å². The molecule has 0 bridgehead atoms. The third-order valence-corrected chi connectivity index (χ3v) is 0.713. The van der Waals surface area contributed by atoms with Gasteiger partial charge in [-0.2, -0.15) is 0 Å². The van der Waals surface area contributed by atoms with Crippen LogP contribution in [0.3, 0.4) is 0 Å². The minimum absolute atomic E-state index is 0. The van der Waals surface area contributed by atoms with Gasteiger partial charge < -0.3 is 4.98 Å². The molecule has 68 valence electrons. The van der Waals surface area contributed by atoms with Crippen LogP contribution in [0.5, 0.6) is 0 Å². The molecule has 0 saturated heterocycles. The number of nitrogens with one attached hydrogen (secondary N) is 1. The summed E-state index contributed by atoms with van der Waals surface area (Å²) in [6, 6.07) is 0. The second kappa shape index (κ2) is 11.5. The van der Waals surface area contributed by atoms with E-state index < -0.39 is 0 Å². The van der Waals surface area contributed by atoms with Gasteiger partial charge >= 0.3 is 0 Å². The number of imidazole rings is 1. The van der Waals surface area contributed by atoms with E-state index in [9.17, 15) is 0 Å². The lowest BCUT2D eigenvalue weighted by Crippen LogP contribution is -1.67. The molecule has 0 fully saturated rings. The second-order valence-electron chi connectivity index (χ2n) is 1.18. The summed E-state index contributed by atoms with van der Waals surface area (Å²) in [6.45, 7) is 3.51. The van der Waals surface area contributed by atoms with Gasteiger partial charge in [-0.25, -0.2) is 4.98 Å². The van der Waals surface area contributed by atoms with Crippen molar-refractivity contribution in [2.24, 2.45) is 0 Å². The van der Waals surface area contributed by atoms with Crippen molar-refractivity contribution in [2.45, 2.75) is 0 Å². The van der Waals surface area contributed by atoms with Crippen molar-refractivity contribution in [2.75, 3.05) is 0 Å². The standard InChI is InChI=1S/C5H6N2.4FH/c1-2-5-6-3-4-7-5;;;;/h2-4H,1H2,(H,6,7);4*1H. The molecule has 1 aromatic heterocycles. The number of aromatic nitrogens is 2. The first-order chi connectivity index (χ1) is 3.43. The van der Waals surface area contributed by atoms with Crippen molar-refractivity contribution in [1.82, 2.24) is 9.97 Å². The summed E-state index contributed by atoms with van der Waals surface area (Å²) in [6.07, 6.45) is 5.12. The van der Waals surface area contributed by atoms with E-state index in [-0.39, 0.29) is 18.8 Å². The Morgan fingerprint density at radius 1 is 1.27 bits per heavy atom. The Morgan fingerprint density at radius 2 is 1.82 bits per heavy atom. The van der Waals surface area contributed by atoms with E-state index in [1.807, 2.05) is 0 Å². The van der Waals surface area contributed by atoms with Crippen LogP contribution in [0.4, 0.5) is 18.8 Å². The minimum atomic E-state index is 0. The zero-order chi connectivity index (χ0) is 5.11. The van der Waals surface area contributed by atoms with Crippen LogP contribution >= 0.6 is 0 Å². The second-order valence-corrected chi connectivity index (χ2v) is 1.18. The first-order valence-corrected chi connectivity index (χ1v) is 2.05. The van der Waals surface area contributed by atoms with Crippen LogP contribution in [0.1, 0.15) is 5.82 Å². The number of hydrogen-bond donors (Lipinski definition) is 1.